The summed E-state index contributed by atoms with van der Waals surface area (Å²) < 4.78 is 10.7. The monoisotopic (exact) mass is 464 g/mol. The summed E-state index contributed by atoms with van der Waals surface area (Å²) in [4.78, 5) is 25.0. The predicted octanol–water partition coefficient (Wildman–Crippen LogP) is 3.34. The number of phenols is 1. The first kappa shape index (κ1) is 23.1. The van der Waals surface area contributed by atoms with Crippen LogP contribution in [0.2, 0.25) is 5.02 Å². The number of ether oxygens (including phenoxy) is 2. The van der Waals surface area contributed by atoms with Crippen molar-refractivity contribution in [2.75, 3.05) is 7.11 Å². The number of carbonyl (C=O) groups is 2. The highest BCUT2D eigenvalue weighted by atomic mass is 35.5. The van der Waals surface area contributed by atoms with Crippen LogP contribution in [0.1, 0.15) is 56.0 Å². The molecule has 0 radical (unpaired) electrons. The predicted molar refractivity (Wildman–Crippen MR) is 117 cm³/mol. The van der Waals surface area contributed by atoms with Crippen LogP contribution >= 0.6 is 11.6 Å². The molecule has 32 heavy (non-hydrogen) atoms. The van der Waals surface area contributed by atoms with Crippen molar-refractivity contribution in [3.8, 4) is 11.5 Å². The number of hydrogen-bond donors (Lipinski definition) is 3. The average molecular weight is 465 g/mol. The van der Waals surface area contributed by atoms with E-state index in [1.165, 1.54) is 19.3 Å². The second-order valence-corrected chi connectivity index (χ2v) is 10.9. The van der Waals surface area contributed by atoms with E-state index < -0.39 is 28.7 Å². The molecule has 0 saturated heterocycles. The Hall–Kier alpha value is -2.09. The van der Waals surface area contributed by atoms with Gasteiger partial charge < -0.3 is 24.8 Å². The normalized spacial score (nSPS) is 36.9. The van der Waals surface area contributed by atoms with Gasteiger partial charge in [-0.3, -0.25) is 4.79 Å². The summed E-state index contributed by atoms with van der Waals surface area (Å²) in [5.41, 5.74) is -3.77. The highest BCUT2D eigenvalue weighted by Crippen LogP contribution is 2.69. The largest absolute Gasteiger partial charge is 0.507 e. The molecular formula is C24H29ClO7. The van der Waals surface area contributed by atoms with Crippen LogP contribution in [0.4, 0.5) is 0 Å². The van der Waals surface area contributed by atoms with Crippen LogP contribution in [-0.4, -0.2) is 52.0 Å². The van der Waals surface area contributed by atoms with E-state index in [0.29, 0.717) is 19.1 Å². The summed E-state index contributed by atoms with van der Waals surface area (Å²) >= 11 is 6.23. The van der Waals surface area contributed by atoms with Crippen LogP contribution in [0.25, 0.3) is 0 Å². The van der Waals surface area contributed by atoms with Gasteiger partial charge >= 0.3 is 5.97 Å². The number of carbonyl (C=O) groups excluding carboxylic acids is 2. The quantitative estimate of drug-likeness (QED) is 0.462. The van der Waals surface area contributed by atoms with E-state index in [2.05, 4.69) is 13.8 Å². The summed E-state index contributed by atoms with van der Waals surface area (Å²) in [6, 6.07) is 1.23. The van der Waals surface area contributed by atoms with Crippen molar-refractivity contribution in [2.24, 2.45) is 16.7 Å². The molecule has 2 saturated carbocycles. The highest BCUT2D eigenvalue weighted by molar-refractivity contribution is 6.33. The van der Waals surface area contributed by atoms with Gasteiger partial charge in [0, 0.05) is 23.0 Å². The number of phenolic OH excluding ortho intramolecular Hbond substituents is 1. The Kier molecular flexibility index (Phi) is 5.02. The van der Waals surface area contributed by atoms with Crippen molar-refractivity contribution in [1.82, 2.24) is 0 Å². The first-order valence-corrected chi connectivity index (χ1v) is 11.0. The number of benzene rings is 1. The molecule has 3 aliphatic rings. The van der Waals surface area contributed by atoms with E-state index in [0.717, 1.165) is 0 Å². The van der Waals surface area contributed by atoms with Crippen molar-refractivity contribution in [2.45, 2.75) is 64.3 Å². The number of esters is 1. The molecule has 174 valence electrons. The van der Waals surface area contributed by atoms with E-state index in [4.69, 9.17) is 21.1 Å². The van der Waals surface area contributed by atoms with Crippen LogP contribution in [0, 0.1) is 23.7 Å². The molecule has 1 aromatic carbocycles. The fraction of sp³-hybridized carbons (Fsp3) is 0.583. The third-order valence-corrected chi connectivity index (χ3v) is 8.40. The van der Waals surface area contributed by atoms with Crippen LogP contribution in [-0.2, 0) is 9.53 Å². The molecule has 3 aliphatic carbocycles. The zero-order chi connectivity index (χ0) is 23.9. The summed E-state index contributed by atoms with van der Waals surface area (Å²) in [6.07, 6.45) is 2.39. The summed E-state index contributed by atoms with van der Waals surface area (Å²) in [6.45, 7) is 7.49. The first-order chi connectivity index (χ1) is 14.7. The molecule has 0 aliphatic heterocycles. The van der Waals surface area contributed by atoms with Gasteiger partial charge in [0.2, 0.25) is 0 Å². The number of methoxy groups -OCH3 is 1. The number of aldehydes is 1. The van der Waals surface area contributed by atoms with Crippen molar-refractivity contribution in [3.05, 3.63) is 33.9 Å². The minimum absolute atomic E-state index is 0.0224. The topological polar surface area (TPSA) is 113 Å². The Morgan fingerprint density at radius 2 is 1.91 bits per heavy atom. The Morgan fingerprint density at radius 3 is 2.50 bits per heavy atom. The first-order valence-electron chi connectivity index (χ1n) is 10.6. The maximum Gasteiger partial charge on any atom is 0.342 e. The lowest BCUT2D eigenvalue weighted by Crippen LogP contribution is -2.75. The molecule has 0 aromatic heterocycles. The molecule has 8 heteroatoms. The van der Waals surface area contributed by atoms with Gasteiger partial charge in [-0.2, -0.15) is 0 Å². The molecule has 2 fully saturated rings. The molecule has 5 atom stereocenters. The molecule has 0 amide bonds. The second-order valence-electron chi connectivity index (χ2n) is 10.5. The van der Waals surface area contributed by atoms with E-state index in [1.54, 1.807) is 6.92 Å². The van der Waals surface area contributed by atoms with E-state index >= 15 is 0 Å². The second kappa shape index (κ2) is 6.95. The molecule has 4 rings (SSSR count). The Balaban J connectivity index is 1.69. The third-order valence-electron chi connectivity index (χ3n) is 7.93. The van der Waals surface area contributed by atoms with Gasteiger partial charge in [-0.15, -0.1) is 0 Å². The number of aromatic hydroxyl groups is 1. The molecule has 7 nitrogen and oxygen atoms in total. The zero-order valence-corrected chi connectivity index (χ0v) is 19.6. The fourth-order valence-electron chi connectivity index (χ4n) is 6.44. The number of halogens is 1. The lowest BCUT2D eigenvalue weighted by molar-refractivity contribution is -0.261. The van der Waals surface area contributed by atoms with Gasteiger partial charge in [0.05, 0.1) is 17.7 Å². The van der Waals surface area contributed by atoms with E-state index in [1.807, 2.05) is 6.92 Å². The summed E-state index contributed by atoms with van der Waals surface area (Å²) in [7, 11) is 1.39. The van der Waals surface area contributed by atoms with Gasteiger partial charge in [-0.1, -0.05) is 32.4 Å². The SMILES string of the molecule is COc1cc(O)c(C(=O)O[C@@H]2CC3(C)C4CC(C)(C)CC4(O)C=C(C=O)C23O)c(C)c1Cl. The van der Waals surface area contributed by atoms with Crippen molar-refractivity contribution in [3.63, 3.8) is 0 Å². The maximum absolute atomic E-state index is 13.0. The highest BCUT2D eigenvalue weighted by Gasteiger charge is 2.75. The van der Waals surface area contributed by atoms with Gasteiger partial charge in [0.15, 0.2) is 0 Å². The van der Waals surface area contributed by atoms with Crippen LogP contribution in [0.5, 0.6) is 11.5 Å². The minimum atomic E-state index is -1.73. The lowest BCUT2D eigenvalue weighted by atomic mass is 9.43. The Labute approximate surface area is 192 Å². The van der Waals surface area contributed by atoms with Crippen LogP contribution < -0.4 is 4.74 Å². The van der Waals surface area contributed by atoms with Gasteiger partial charge in [0.25, 0.3) is 0 Å². The molecule has 1 aromatic rings. The van der Waals surface area contributed by atoms with Crippen molar-refractivity contribution < 1.29 is 34.4 Å². The molecule has 0 bridgehead atoms. The Morgan fingerprint density at radius 1 is 1.25 bits per heavy atom. The lowest BCUT2D eigenvalue weighted by Gasteiger charge is -2.65. The van der Waals surface area contributed by atoms with E-state index in [-0.39, 0.29) is 51.0 Å². The van der Waals surface area contributed by atoms with Gasteiger partial charge in [-0.05, 0) is 43.2 Å². The van der Waals surface area contributed by atoms with Crippen molar-refractivity contribution >= 4 is 23.9 Å². The summed E-state index contributed by atoms with van der Waals surface area (Å²) in [5.74, 6) is -1.29. The van der Waals surface area contributed by atoms with E-state index in [9.17, 15) is 24.9 Å². The van der Waals surface area contributed by atoms with Crippen LogP contribution in [0.15, 0.2) is 17.7 Å². The summed E-state index contributed by atoms with van der Waals surface area (Å²) in [5, 5.41) is 33.6. The molecule has 4 unspecified atom stereocenters. The zero-order valence-electron chi connectivity index (χ0n) is 18.9. The number of fused-ring (bicyclic) bond motifs is 3. The van der Waals surface area contributed by atoms with Gasteiger partial charge in [0.1, 0.15) is 35.1 Å². The average Bonchev–Trinajstić information content (AvgIpc) is 2.96. The molecule has 0 spiro atoms. The Bertz CT molecular complexity index is 1050. The maximum atomic E-state index is 13.0. The number of hydrogen-bond acceptors (Lipinski definition) is 7. The number of rotatable bonds is 4. The standard InChI is InChI=1S/C24H29ClO7/c1-12-18(14(27)6-15(31-5)19(12)25)20(28)32-17-9-22(4)16-8-21(2,3)11-23(16,29)7-13(10-26)24(17,22)30/h6-7,10,16-17,27,29-30H,8-9,11H2,1-5H3/t16?,17-,22?,23?,24?/m1/s1. The van der Waals surface area contributed by atoms with Gasteiger partial charge in [-0.25, -0.2) is 4.79 Å². The van der Waals surface area contributed by atoms with Crippen LogP contribution in [0.3, 0.4) is 0 Å². The number of aliphatic hydroxyl groups is 2. The third kappa shape index (κ3) is 2.87. The smallest absolute Gasteiger partial charge is 0.342 e. The molecule has 3 N–H and O–H groups in total. The molecule has 0 heterocycles. The minimum Gasteiger partial charge on any atom is -0.507 e. The van der Waals surface area contributed by atoms with Crippen molar-refractivity contribution in [1.29, 1.82) is 0 Å². The fourth-order valence-corrected chi connectivity index (χ4v) is 6.67. The molecular weight excluding hydrogens is 436 g/mol.